The molecule has 2 unspecified atom stereocenters. The second kappa shape index (κ2) is 5.97. The maximum absolute atomic E-state index is 12.0. The summed E-state index contributed by atoms with van der Waals surface area (Å²) in [5.74, 6) is -0.429. The van der Waals surface area contributed by atoms with E-state index in [1.807, 2.05) is 13.8 Å². The minimum Gasteiger partial charge on any atom is -0.377 e. The molecule has 2 amide bonds. The molecule has 98 valence electrons. The molecular formula is C11H21N3O3. The van der Waals surface area contributed by atoms with Crippen molar-refractivity contribution in [2.24, 2.45) is 17.4 Å². The van der Waals surface area contributed by atoms with E-state index in [1.165, 1.54) is 4.90 Å². The summed E-state index contributed by atoms with van der Waals surface area (Å²) in [6, 6.07) is -0.852. The van der Waals surface area contributed by atoms with Crippen LogP contribution in [0.15, 0.2) is 0 Å². The molecule has 2 atom stereocenters. The van der Waals surface area contributed by atoms with Crippen LogP contribution in [0.2, 0.25) is 0 Å². The van der Waals surface area contributed by atoms with Gasteiger partial charge in [-0.05, 0) is 5.92 Å². The topological polar surface area (TPSA) is 98.7 Å². The summed E-state index contributed by atoms with van der Waals surface area (Å²) in [5.41, 5.74) is 11.1. The number of amides is 2. The Labute approximate surface area is 101 Å². The fourth-order valence-electron chi connectivity index (χ4n) is 1.69. The molecule has 0 aliphatic carbocycles. The number of hydrogen-bond acceptors (Lipinski definition) is 4. The van der Waals surface area contributed by atoms with Crippen LogP contribution in [0.1, 0.15) is 20.3 Å². The lowest BCUT2D eigenvalue weighted by atomic mass is 10.0. The quantitative estimate of drug-likeness (QED) is 0.666. The molecule has 0 aromatic heterocycles. The summed E-state index contributed by atoms with van der Waals surface area (Å²) in [7, 11) is 0. The lowest BCUT2D eigenvalue weighted by Crippen LogP contribution is -2.55. The Morgan fingerprint density at radius 1 is 1.47 bits per heavy atom. The lowest BCUT2D eigenvalue weighted by molar-refractivity contribution is -0.147. The van der Waals surface area contributed by atoms with Crippen molar-refractivity contribution < 1.29 is 14.3 Å². The molecule has 1 fully saturated rings. The molecule has 0 spiro atoms. The number of nitrogens with zero attached hydrogens (tertiary/aromatic N) is 1. The van der Waals surface area contributed by atoms with E-state index in [0.717, 1.165) is 0 Å². The number of ether oxygens (including phenoxy) is 1. The summed E-state index contributed by atoms with van der Waals surface area (Å²) >= 11 is 0. The predicted octanol–water partition coefficient (Wildman–Crippen LogP) is -0.927. The van der Waals surface area contributed by atoms with Gasteiger partial charge in [0.05, 0.1) is 13.2 Å². The normalized spacial score (nSPS) is 22.6. The Morgan fingerprint density at radius 2 is 2.12 bits per heavy atom. The molecule has 6 heteroatoms. The van der Waals surface area contributed by atoms with E-state index in [9.17, 15) is 9.59 Å². The van der Waals surface area contributed by atoms with Gasteiger partial charge < -0.3 is 21.1 Å². The Balaban J connectivity index is 2.62. The van der Waals surface area contributed by atoms with Gasteiger partial charge in [-0.3, -0.25) is 9.59 Å². The molecule has 1 heterocycles. The van der Waals surface area contributed by atoms with E-state index < -0.39 is 11.9 Å². The molecule has 1 aliphatic rings. The standard InChI is InChI=1S/C11H21N3O3/c1-7(2)8(12)5-10(15)14-3-4-17-6-9(14)11(13)16/h7-9H,3-6,12H2,1-2H3,(H2,13,16). The van der Waals surface area contributed by atoms with E-state index >= 15 is 0 Å². The smallest absolute Gasteiger partial charge is 0.242 e. The van der Waals surface area contributed by atoms with Gasteiger partial charge in [0, 0.05) is 19.0 Å². The third-order valence-corrected chi connectivity index (χ3v) is 3.04. The van der Waals surface area contributed by atoms with Gasteiger partial charge in [0.1, 0.15) is 6.04 Å². The van der Waals surface area contributed by atoms with Gasteiger partial charge in [-0.15, -0.1) is 0 Å². The first-order valence-corrected chi connectivity index (χ1v) is 5.85. The van der Waals surface area contributed by atoms with Crippen LogP contribution in [0.3, 0.4) is 0 Å². The first-order valence-electron chi connectivity index (χ1n) is 5.85. The van der Waals surface area contributed by atoms with E-state index in [4.69, 9.17) is 16.2 Å². The lowest BCUT2D eigenvalue weighted by Gasteiger charge is -2.34. The Bertz CT molecular complexity index is 294. The van der Waals surface area contributed by atoms with Gasteiger partial charge in [0.15, 0.2) is 0 Å². The van der Waals surface area contributed by atoms with Crippen molar-refractivity contribution in [1.29, 1.82) is 0 Å². The molecule has 0 radical (unpaired) electrons. The van der Waals surface area contributed by atoms with E-state index in [0.29, 0.717) is 13.2 Å². The zero-order valence-corrected chi connectivity index (χ0v) is 10.4. The zero-order valence-electron chi connectivity index (χ0n) is 10.4. The molecule has 6 nitrogen and oxygen atoms in total. The fraction of sp³-hybridized carbons (Fsp3) is 0.818. The molecule has 0 saturated carbocycles. The van der Waals surface area contributed by atoms with Crippen molar-refractivity contribution >= 4 is 11.8 Å². The van der Waals surface area contributed by atoms with Gasteiger partial charge in [0.25, 0.3) is 0 Å². The van der Waals surface area contributed by atoms with Crippen molar-refractivity contribution in [3.63, 3.8) is 0 Å². The van der Waals surface area contributed by atoms with Crippen LogP contribution in [0.4, 0.5) is 0 Å². The van der Waals surface area contributed by atoms with E-state index in [1.54, 1.807) is 0 Å². The van der Waals surface area contributed by atoms with Gasteiger partial charge in [-0.2, -0.15) is 0 Å². The molecule has 1 aliphatic heterocycles. The van der Waals surface area contributed by atoms with Gasteiger partial charge in [0.2, 0.25) is 11.8 Å². The largest absolute Gasteiger partial charge is 0.377 e. The summed E-state index contributed by atoms with van der Waals surface area (Å²) < 4.78 is 5.15. The predicted molar refractivity (Wildman–Crippen MR) is 62.9 cm³/mol. The fourth-order valence-corrected chi connectivity index (χ4v) is 1.69. The molecular weight excluding hydrogens is 222 g/mol. The molecule has 17 heavy (non-hydrogen) atoms. The SMILES string of the molecule is CC(C)C(N)CC(=O)N1CCOCC1C(N)=O. The first-order chi connectivity index (χ1) is 7.93. The third kappa shape index (κ3) is 3.67. The Kier molecular flexibility index (Phi) is 4.89. The summed E-state index contributed by atoms with van der Waals surface area (Å²) in [6.07, 6.45) is 0.238. The zero-order chi connectivity index (χ0) is 13.0. The highest BCUT2D eigenvalue weighted by Crippen LogP contribution is 2.11. The van der Waals surface area contributed by atoms with Gasteiger partial charge in [-0.1, -0.05) is 13.8 Å². The second-order valence-corrected chi connectivity index (χ2v) is 4.69. The van der Waals surface area contributed by atoms with Gasteiger partial charge >= 0.3 is 0 Å². The maximum atomic E-state index is 12.0. The first kappa shape index (κ1) is 13.9. The monoisotopic (exact) mass is 243 g/mol. The van der Waals surface area contributed by atoms with Crippen LogP contribution in [-0.4, -0.2) is 48.6 Å². The van der Waals surface area contributed by atoms with Crippen LogP contribution >= 0.6 is 0 Å². The molecule has 0 aromatic rings. The Hall–Kier alpha value is -1.14. The van der Waals surface area contributed by atoms with Crippen LogP contribution < -0.4 is 11.5 Å². The average Bonchev–Trinajstić information content (AvgIpc) is 2.28. The minimum absolute atomic E-state index is 0.127. The van der Waals surface area contributed by atoms with Crippen molar-refractivity contribution in [3.05, 3.63) is 0 Å². The van der Waals surface area contributed by atoms with Crippen molar-refractivity contribution in [1.82, 2.24) is 4.90 Å². The van der Waals surface area contributed by atoms with Crippen LogP contribution in [0.25, 0.3) is 0 Å². The Morgan fingerprint density at radius 3 is 2.65 bits per heavy atom. The maximum Gasteiger partial charge on any atom is 0.242 e. The van der Waals surface area contributed by atoms with Gasteiger partial charge in [-0.25, -0.2) is 0 Å². The number of primary amides is 1. The minimum atomic E-state index is -0.657. The highest BCUT2D eigenvalue weighted by Gasteiger charge is 2.32. The number of morpholine rings is 1. The second-order valence-electron chi connectivity index (χ2n) is 4.69. The number of carbonyl (C=O) groups excluding carboxylic acids is 2. The summed E-state index contributed by atoms with van der Waals surface area (Å²) in [4.78, 5) is 24.7. The molecule has 0 bridgehead atoms. The molecule has 1 rings (SSSR count). The summed E-state index contributed by atoms with van der Waals surface area (Å²) in [5, 5.41) is 0. The number of hydrogen-bond donors (Lipinski definition) is 2. The van der Waals surface area contributed by atoms with Crippen LogP contribution in [-0.2, 0) is 14.3 Å². The highest BCUT2D eigenvalue weighted by atomic mass is 16.5. The molecule has 4 N–H and O–H groups in total. The van der Waals surface area contributed by atoms with Crippen molar-refractivity contribution in [2.45, 2.75) is 32.4 Å². The van der Waals surface area contributed by atoms with Crippen molar-refractivity contribution in [3.8, 4) is 0 Å². The summed E-state index contributed by atoms with van der Waals surface area (Å²) in [6.45, 7) is 4.94. The average molecular weight is 243 g/mol. The van der Waals surface area contributed by atoms with E-state index in [-0.39, 0.29) is 30.9 Å². The number of nitrogens with two attached hydrogens (primary N) is 2. The van der Waals surface area contributed by atoms with E-state index in [2.05, 4.69) is 0 Å². The van der Waals surface area contributed by atoms with Crippen LogP contribution in [0, 0.1) is 5.92 Å². The highest BCUT2D eigenvalue weighted by molar-refractivity contribution is 5.87. The molecule has 0 aromatic carbocycles. The number of carbonyl (C=O) groups is 2. The van der Waals surface area contributed by atoms with Crippen molar-refractivity contribution in [2.75, 3.05) is 19.8 Å². The third-order valence-electron chi connectivity index (χ3n) is 3.04. The number of rotatable bonds is 4. The van der Waals surface area contributed by atoms with Crippen LogP contribution in [0.5, 0.6) is 0 Å². The molecule has 1 saturated heterocycles.